The highest BCUT2D eigenvalue weighted by Gasteiger charge is 2.13. The molecule has 8 heteroatoms. The number of amides is 1. The molecule has 3 aromatic rings. The van der Waals surface area contributed by atoms with E-state index in [-0.39, 0.29) is 4.90 Å². The molecule has 0 saturated heterocycles. The van der Waals surface area contributed by atoms with E-state index < -0.39 is 15.7 Å². The monoisotopic (exact) mass is 371 g/mol. The number of hydrogen-bond donors (Lipinski definition) is 1. The maximum atomic E-state index is 11.5. The third kappa shape index (κ3) is 3.97. The molecule has 7 nitrogen and oxygen atoms in total. The SMILES string of the molecule is CS(=O)(=O)c1ccc(-c2noc(CCc3ccccc3C(N)=O)n2)cc1. The first-order valence-electron chi connectivity index (χ1n) is 7.85. The van der Waals surface area contributed by atoms with Crippen molar-refractivity contribution in [2.75, 3.05) is 6.26 Å². The summed E-state index contributed by atoms with van der Waals surface area (Å²) >= 11 is 0. The first-order chi connectivity index (χ1) is 12.3. The Bertz CT molecular complexity index is 1040. The number of primary amides is 1. The molecular weight excluding hydrogens is 354 g/mol. The van der Waals surface area contributed by atoms with Gasteiger partial charge >= 0.3 is 0 Å². The Hall–Kier alpha value is -3.00. The molecule has 0 fully saturated rings. The quantitative estimate of drug-likeness (QED) is 0.708. The summed E-state index contributed by atoms with van der Waals surface area (Å²) in [7, 11) is -3.25. The van der Waals surface area contributed by atoms with Crippen LogP contribution in [0.4, 0.5) is 0 Å². The Morgan fingerprint density at radius 1 is 1.08 bits per heavy atom. The first-order valence-corrected chi connectivity index (χ1v) is 9.74. The average molecular weight is 371 g/mol. The molecule has 1 aromatic heterocycles. The Balaban J connectivity index is 1.74. The van der Waals surface area contributed by atoms with Gasteiger partial charge in [0.2, 0.25) is 17.6 Å². The third-order valence-electron chi connectivity index (χ3n) is 3.90. The van der Waals surface area contributed by atoms with E-state index in [2.05, 4.69) is 10.1 Å². The molecule has 2 aromatic carbocycles. The van der Waals surface area contributed by atoms with Gasteiger partial charge in [-0.05, 0) is 42.3 Å². The minimum absolute atomic E-state index is 0.230. The predicted octanol–water partition coefficient (Wildman–Crippen LogP) is 2.02. The molecular formula is C18H17N3O4S. The van der Waals surface area contributed by atoms with E-state index in [1.807, 2.05) is 12.1 Å². The Morgan fingerprint density at radius 3 is 2.42 bits per heavy atom. The lowest BCUT2D eigenvalue weighted by atomic mass is 10.0. The molecule has 1 amide bonds. The van der Waals surface area contributed by atoms with Crippen LogP contribution in [-0.2, 0) is 22.7 Å². The van der Waals surface area contributed by atoms with Gasteiger partial charge in [-0.3, -0.25) is 4.79 Å². The topological polar surface area (TPSA) is 116 Å². The summed E-state index contributed by atoms with van der Waals surface area (Å²) in [6, 6.07) is 13.4. The molecule has 0 unspecified atom stereocenters. The van der Waals surface area contributed by atoms with Gasteiger partial charge in [0.25, 0.3) is 0 Å². The molecule has 0 radical (unpaired) electrons. The van der Waals surface area contributed by atoms with Crippen molar-refractivity contribution in [3.05, 3.63) is 65.5 Å². The molecule has 0 bridgehead atoms. The first kappa shape index (κ1) is 17.8. The van der Waals surface area contributed by atoms with Crippen molar-refractivity contribution < 1.29 is 17.7 Å². The van der Waals surface area contributed by atoms with E-state index >= 15 is 0 Å². The predicted molar refractivity (Wildman–Crippen MR) is 95.2 cm³/mol. The van der Waals surface area contributed by atoms with Gasteiger partial charge in [0.05, 0.1) is 4.90 Å². The van der Waals surface area contributed by atoms with Crippen LogP contribution in [0.15, 0.2) is 57.9 Å². The number of nitrogens with zero attached hydrogens (tertiary/aromatic N) is 2. The molecule has 0 aliphatic rings. The minimum atomic E-state index is -3.25. The van der Waals surface area contributed by atoms with Gasteiger partial charge in [-0.25, -0.2) is 8.42 Å². The van der Waals surface area contributed by atoms with E-state index in [1.165, 1.54) is 12.1 Å². The van der Waals surface area contributed by atoms with E-state index in [1.54, 1.807) is 24.3 Å². The van der Waals surface area contributed by atoms with Gasteiger partial charge in [0, 0.05) is 23.8 Å². The zero-order valence-electron chi connectivity index (χ0n) is 14.0. The highest BCUT2D eigenvalue weighted by atomic mass is 32.2. The molecule has 1 heterocycles. The lowest BCUT2D eigenvalue weighted by Gasteiger charge is -2.04. The fourth-order valence-electron chi connectivity index (χ4n) is 2.55. The number of sulfone groups is 1. The summed E-state index contributed by atoms with van der Waals surface area (Å²) < 4.78 is 28.2. The molecule has 0 atom stereocenters. The van der Waals surface area contributed by atoms with Gasteiger partial charge in [-0.2, -0.15) is 4.98 Å². The number of carbonyl (C=O) groups is 1. The van der Waals surface area contributed by atoms with Crippen molar-refractivity contribution in [1.29, 1.82) is 0 Å². The molecule has 0 aliphatic carbocycles. The van der Waals surface area contributed by atoms with Crippen LogP contribution in [0.25, 0.3) is 11.4 Å². The van der Waals surface area contributed by atoms with Crippen molar-refractivity contribution >= 4 is 15.7 Å². The minimum Gasteiger partial charge on any atom is -0.366 e. The number of aromatic nitrogens is 2. The van der Waals surface area contributed by atoms with Crippen molar-refractivity contribution in [1.82, 2.24) is 10.1 Å². The molecule has 0 saturated carbocycles. The lowest BCUT2D eigenvalue weighted by molar-refractivity contribution is 0.0999. The van der Waals surface area contributed by atoms with Gasteiger partial charge in [0.1, 0.15) is 0 Å². The van der Waals surface area contributed by atoms with Crippen LogP contribution in [-0.4, -0.2) is 30.7 Å². The number of aryl methyl sites for hydroxylation is 2. The highest BCUT2D eigenvalue weighted by Crippen LogP contribution is 2.19. The molecule has 134 valence electrons. The van der Waals surface area contributed by atoms with Crippen LogP contribution in [0.2, 0.25) is 0 Å². The molecule has 26 heavy (non-hydrogen) atoms. The normalized spacial score (nSPS) is 11.4. The van der Waals surface area contributed by atoms with Gasteiger partial charge in [0.15, 0.2) is 9.84 Å². The van der Waals surface area contributed by atoms with Crippen molar-refractivity contribution in [2.24, 2.45) is 5.73 Å². The summed E-state index contributed by atoms with van der Waals surface area (Å²) in [6.07, 6.45) is 2.14. The smallest absolute Gasteiger partial charge is 0.248 e. The van der Waals surface area contributed by atoms with Crippen LogP contribution in [0.3, 0.4) is 0 Å². The maximum Gasteiger partial charge on any atom is 0.248 e. The van der Waals surface area contributed by atoms with Crippen molar-refractivity contribution in [2.45, 2.75) is 17.7 Å². The third-order valence-corrected chi connectivity index (χ3v) is 5.03. The van der Waals surface area contributed by atoms with Gasteiger partial charge in [-0.15, -0.1) is 0 Å². The van der Waals surface area contributed by atoms with E-state index in [4.69, 9.17) is 10.3 Å². The highest BCUT2D eigenvalue weighted by molar-refractivity contribution is 7.90. The van der Waals surface area contributed by atoms with Gasteiger partial charge < -0.3 is 10.3 Å². The van der Waals surface area contributed by atoms with Crippen LogP contribution in [0.1, 0.15) is 21.8 Å². The Morgan fingerprint density at radius 2 is 1.77 bits per heavy atom. The number of nitrogens with two attached hydrogens (primary N) is 1. The molecule has 3 rings (SSSR count). The molecule has 2 N–H and O–H groups in total. The van der Waals surface area contributed by atoms with E-state index in [0.29, 0.717) is 35.7 Å². The number of hydrogen-bond acceptors (Lipinski definition) is 6. The summed E-state index contributed by atoms with van der Waals surface area (Å²) in [4.78, 5) is 16.0. The zero-order chi connectivity index (χ0) is 18.7. The van der Waals surface area contributed by atoms with Crippen molar-refractivity contribution in [3.63, 3.8) is 0 Å². The fraction of sp³-hybridized carbons (Fsp3) is 0.167. The average Bonchev–Trinajstić information content (AvgIpc) is 3.08. The second-order valence-corrected chi connectivity index (χ2v) is 7.85. The summed E-state index contributed by atoms with van der Waals surface area (Å²) in [5, 5.41) is 3.92. The number of benzene rings is 2. The van der Waals surface area contributed by atoms with E-state index in [9.17, 15) is 13.2 Å². The molecule has 0 aliphatic heterocycles. The Labute approximate surface area is 150 Å². The standard InChI is InChI=1S/C18H17N3O4S/c1-26(23,24)14-9-6-13(7-10-14)18-20-16(25-21-18)11-8-12-4-2-3-5-15(12)17(19)22/h2-7,9-10H,8,11H2,1H3,(H2,19,22). The molecule has 0 spiro atoms. The number of rotatable bonds is 6. The second kappa shape index (κ2) is 7.09. The Kier molecular flexibility index (Phi) is 4.85. The lowest BCUT2D eigenvalue weighted by Crippen LogP contribution is -2.14. The maximum absolute atomic E-state index is 11.5. The summed E-state index contributed by atoms with van der Waals surface area (Å²) in [6.45, 7) is 0. The van der Waals surface area contributed by atoms with E-state index in [0.717, 1.165) is 11.8 Å². The fourth-order valence-corrected chi connectivity index (χ4v) is 3.18. The van der Waals surface area contributed by atoms with Crippen LogP contribution >= 0.6 is 0 Å². The van der Waals surface area contributed by atoms with Crippen molar-refractivity contribution in [3.8, 4) is 11.4 Å². The zero-order valence-corrected chi connectivity index (χ0v) is 14.9. The van der Waals surface area contributed by atoms with Crippen LogP contribution in [0, 0.1) is 0 Å². The summed E-state index contributed by atoms with van der Waals surface area (Å²) in [5.41, 5.74) is 7.32. The summed E-state index contributed by atoms with van der Waals surface area (Å²) in [5.74, 6) is 0.326. The second-order valence-electron chi connectivity index (χ2n) is 5.83. The van der Waals surface area contributed by atoms with Gasteiger partial charge in [-0.1, -0.05) is 23.4 Å². The van der Waals surface area contributed by atoms with Crippen LogP contribution < -0.4 is 5.73 Å². The van der Waals surface area contributed by atoms with Crippen LogP contribution in [0.5, 0.6) is 0 Å². The number of carbonyl (C=O) groups excluding carboxylic acids is 1. The largest absolute Gasteiger partial charge is 0.366 e.